The minimum Gasteiger partial charge on any atom is -0.465 e. The standard InChI is InChI=1S/C12H13N3O3/c1-14-11(16)9-7-5-6(12(17)18-2)3-4-8(7)15-10(9)13/h3-5,15H,13H2,1-2H3,(H,14,16). The van der Waals surface area contributed by atoms with Gasteiger partial charge in [0, 0.05) is 18.0 Å². The van der Waals surface area contributed by atoms with Crippen molar-refractivity contribution < 1.29 is 14.3 Å². The molecule has 0 fully saturated rings. The van der Waals surface area contributed by atoms with Crippen LogP contribution in [-0.2, 0) is 4.74 Å². The lowest BCUT2D eigenvalue weighted by Gasteiger charge is -2.01. The number of hydrogen-bond donors (Lipinski definition) is 3. The van der Waals surface area contributed by atoms with Crippen molar-refractivity contribution in [3.63, 3.8) is 0 Å². The molecule has 2 aromatic rings. The molecule has 6 nitrogen and oxygen atoms in total. The number of nitrogens with one attached hydrogen (secondary N) is 2. The number of fused-ring (bicyclic) bond motifs is 1. The molecule has 0 unspecified atom stereocenters. The lowest BCUT2D eigenvalue weighted by molar-refractivity contribution is 0.0600. The predicted molar refractivity (Wildman–Crippen MR) is 67.4 cm³/mol. The van der Waals surface area contributed by atoms with Crippen LogP contribution in [0.4, 0.5) is 5.82 Å². The van der Waals surface area contributed by atoms with Gasteiger partial charge in [0.15, 0.2) is 0 Å². The number of nitrogens with two attached hydrogens (primary N) is 1. The molecule has 1 heterocycles. The van der Waals surface area contributed by atoms with Crippen LogP contribution in [0, 0.1) is 0 Å². The van der Waals surface area contributed by atoms with Gasteiger partial charge in [0.2, 0.25) is 0 Å². The zero-order chi connectivity index (χ0) is 13.3. The molecule has 0 bridgehead atoms. The van der Waals surface area contributed by atoms with E-state index in [2.05, 4.69) is 15.0 Å². The highest BCUT2D eigenvalue weighted by molar-refractivity contribution is 6.12. The first-order valence-electron chi connectivity index (χ1n) is 5.30. The maximum absolute atomic E-state index is 11.7. The fraction of sp³-hybridized carbons (Fsp3) is 0.167. The van der Waals surface area contributed by atoms with Crippen molar-refractivity contribution in [2.75, 3.05) is 19.9 Å². The fourth-order valence-corrected chi connectivity index (χ4v) is 1.83. The molecule has 0 aliphatic carbocycles. The molecular formula is C12H13N3O3. The van der Waals surface area contributed by atoms with E-state index in [1.165, 1.54) is 14.2 Å². The van der Waals surface area contributed by atoms with Crippen molar-refractivity contribution in [2.45, 2.75) is 0 Å². The molecule has 0 aliphatic heterocycles. The Bertz CT molecular complexity index is 631. The van der Waals surface area contributed by atoms with E-state index in [0.29, 0.717) is 22.0 Å². The van der Waals surface area contributed by atoms with Gasteiger partial charge in [-0.25, -0.2) is 4.79 Å². The van der Waals surface area contributed by atoms with Crippen molar-refractivity contribution >= 4 is 28.6 Å². The molecule has 0 radical (unpaired) electrons. The number of rotatable bonds is 2. The second-order valence-electron chi connectivity index (χ2n) is 3.74. The Morgan fingerprint density at radius 2 is 2.11 bits per heavy atom. The van der Waals surface area contributed by atoms with Gasteiger partial charge in [0.05, 0.1) is 18.2 Å². The van der Waals surface area contributed by atoms with Crippen LogP contribution in [0.3, 0.4) is 0 Å². The lowest BCUT2D eigenvalue weighted by atomic mass is 10.1. The van der Waals surface area contributed by atoms with Crippen molar-refractivity contribution in [3.05, 3.63) is 29.3 Å². The van der Waals surface area contributed by atoms with E-state index >= 15 is 0 Å². The van der Waals surface area contributed by atoms with Crippen LogP contribution in [-0.4, -0.2) is 31.0 Å². The van der Waals surface area contributed by atoms with Gasteiger partial charge in [-0.1, -0.05) is 0 Å². The smallest absolute Gasteiger partial charge is 0.337 e. The Kier molecular flexibility index (Phi) is 2.93. The van der Waals surface area contributed by atoms with Crippen LogP contribution in [0.1, 0.15) is 20.7 Å². The first-order valence-corrected chi connectivity index (χ1v) is 5.30. The first-order chi connectivity index (χ1) is 8.58. The highest BCUT2D eigenvalue weighted by atomic mass is 16.5. The summed E-state index contributed by atoms with van der Waals surface area (Å²) in [5, 5.41) is 3.10. The van der Waals surface area contributed by atoms with Gasteiger partial charge in [-0.15, -0.1) is 0 Å². The molecule has 18 heavy (non-hydrogen) atoms. The van der Waals surface area contributed by atoms with Gasteiger partial charge in [-0.2, -0.15) is 0 Å². The van der Waals surface area contributed by atoms with Gasteiger partial charge >= 0.3 is 5.97 Å². The number of nitrogen functional groups attached to an aromatic ring is 1. The monoisotopic (exact) mass is 247 g/mol. The molecule has 0 atom stereocenters. The molecule has 1 aromatic carbocycles. The second kappa shape index (κ2) is 4.40. The molecular weight excluding hydrogens is 234 g/mol. The molecule has 0 spiro atoms. The van der Waals surface area contributed by atoms with Crippen molar-refractivity contribution in [1.29, 1.82) is 0 Å². The molecule has 94 valence electrons. The highest BCUT2D eigenvalue weighted by Crippen LogP contribution is 2.25. The Balaban J connectivity index is 2.67. The second-order valence-corrected chi connectivity index (χ2v) is 3.74. The van der Waals surface area contributed by atoms with Gasteiger partial charge in [0.1, 0.15) is 5.82 Å². The zero-order valence-electron chi connectivity index (χ0n) is 10.0. The Hall–Kier alpha value is -2.50. The summed E-state index contributed by atoms with van der Waals surface area (Å²) in [6.07, 6.45) is 0. The third-order valence-electron chi connectivity index (χ3n) is 2.70. The summed E-state index contributed by atoms with van der Waals surface area (Å²) in [5.41, 5.74) is 7.15. The average molecular weight is 247 g/mol. The highest BCUT2D eigenvalue weighted by Gasteiger charge is 2.17. The third kappa shape index (κ3) is 1.77. The lowest BCUT2D eigenvalue weighted by Crippen LogP contribution is -2.18. The number of amides is 1. The van der Waals surface area contributed by atoms with Gasteiger partial charge in [0.25, 0.3) is 5.91 Å². The summed E-state index contributed by atoms with van der Waals surface area (Å²) < 4.78 is 4.64. The SMILES string of the molecule is CNC(=O)c1c(N)[nH]c2ccc(C(=O)OC)cc12. The molecule has 4 N–H and O–H groups in total. The van der Waals surface area contributed by atoms with E-state index in [4.69, 9.17) is 5.73 Å². The summed E-state index contributed by atoms with van der Waals surface area (Å²) in [7, 11) is 2.82. The number of anilines is 1. The van der Waals surface area contributed by atoms with Crippen LogP contribution >= 0.6 is 0 Å². The molecule has 1 amide bonds. The summed E-state index contributed by atoms with van der Waals surface area (Å²) in [6.45, 7) is 0. The number of H-pyrrole nitrogens is 1. The number of benzene rings is 1. The van der Waals surface area contributed by atoms with E-state index < -0.39 is 5.97 Å². The first kappa shape index (κ1) is 12.0. The third-order valence-corrected chi connectivity index (χ3v) is 2.70. The van der Waals surface area contributed by atoms with E-state index in [9.17, 15) is 9.59 Å². The number of esters is 1. The zero-order valence-corrected chi connectivity index (χ0v) is 10.0. The minimum atomic E-state index is -0.459. The van der Waals surface area contributed by atoms with Crippen LogP contribution in [0.2, 0.25) is 0 Å². The van der Waals surface area contributed by atoms with Crippen molar-refractivity contribution in [3.8, 4) is 0 Å². The summed E-state index contributed by atoms with van der Waals surface area (Å²) >= 11 is 0. The Labute approximate surface area is 103 Å². The predicted octanol–water partition coefficient (Wildman–Crippen LogP) is 0.896. The maximum atomic E-state index is 11.7. The van der Waals surface area contributed by atoms with Crippen LogP contribution in [0.5, 0.6) is 0 Å². The van der Waals surface area contributed by atoms with Crippen molar-refractivity contribution in [1.82, 2.24) is 10.3 Å². The van der Waals surface area contributed by atoms with Gasteiger partial charge in [-0.3, -0.25) is 4.79 Å². The Morgan fingerprint density at radius 1 is 1.39 bits per heavy atom. The van der Waals surface area contributed by atoms with E-state index in [-0.39, 0.29) is 11.7 Å². The molecule has 0 aliphatic rings. The molecule has 1 aromatic heterocycles. The van der Waals surface area contributed by atoms with Crippen LogP contribution in [0.25, 0.3) is 10.9 Å². The number of carbonyl (C=O) groups is 2. The number of aromatic amines is 1. The quantitative estimate of drug-likeness (QED) is 0.687. The fourth-order valence-electron chi connectivity index (χ4n) is 1.83. The number of ether oxygens (including phenoxy) is 1. The van der Waals surface area contributed by atoms with Gasteiger partial charge < -0.3 is 20.8 Å². The summed E-state index contributed by atoms with van der Waals surface area (Å²) in [4.78, 5) is 26.1. The van der Waals surface area contributed by atoms with E-state index in [0.717, 1.165) is 0 Å². The molecule has 0 saturated carbocycles. The largest absolute Gasteiger partial charge is 0.465 e. The summed E-state index contributed by atoms with van der Waals surface area (Å²) in [5.74, 6) is -0.494. The topological polar surface area (TPSA) is 97.2 Å². The molecule has 0 saturated heterocycles. The van der Waals surface area contributed by atoms with Crippen LogP contribution in [0.15, 0.2) is 18.2 Å². The number of aromatic nitrogens is 1. The normalized spacial score (nSPS) is 10.3. The molecule has 6 heteroatoms. The number of hydrogen-bond acceptors (Lipinski definition) is 4. The average Bonchev–Trinajstić information content (AvgIpc) is 2.71. The van der Waals surface area contributed by atoms with Gasteiger partial charge in [-0.05, 0) is 18.2 Å². The molecule has 2 rings (SSSR count). The van der Waals surface area contributed by atoms with E-state index in [1.807, 2.05) is 0 Å². The number of carbonyl (C=O) groups excluding carboxylic acids is 2. The summed E-state index contributed by atoms with van der Waals surface area (Å²) in [6, 6.07) is 4.88. The van der Waals surface area contributed by atoms with Crippen molar-refractivity contribution in [2.24, 2.45) is 0 Å². The van der Waals surface area contributed by atoms with E-state index in [1.54, 1.807) is 18.2 Å². The maximum Gasteiger partial charge on any atom is 0.337 e. The van der Waals surface area contributed by atoms with Crippen LogP contribution < -0.4 is 11.1 Å². The Morgan fingerprint density at radius 3 is 2.72 bits per heavy atom. The minimum absolute atomic E-state index is 0.270. The number of methoxy groups -OCH3 is 1.